The van der Waals surface area contributed by atoms with Crippen LogP contribution in [0.25, 0.3) is 11.0 Å². The first-order valence-corrected chi connectivity index (χ1v) is 11.5. The number of hydrogen-bond donors (Lipinski definition) is 1. The second-order valence-electron chi connectivity index (χ2n) is 8.61. The van der Waals surface area contributed by atoms with E-state index in [4.69, 9.17) is 9.15 Å². The lowest BCUT2D eigenvalue weighted by Crippen LogP contribution is -3.14. The van der Waals surface area contributed by atoms with Crippen molar-refractivity contribution in [1.29, 1.82) is 0 Å². The van der Waals surface area contributed by atoms with Gasteiger partial charge in [0.2, 0.25) is 11.7 Å². The van der Waals surface area contributed by atoms with Crippen molar-refractivity contribution >= 4 is 22.7 Å². The van der Waals surface area contributed by atoms with Crippen molar-refractivity contribution in [2.24, 2.45) is 0 Å². The van der Waals surface area contributed by atoms with E-state index in [1.165, 1.54) is 28.0 Å². The minimum atomic E-state index is -1.10. The molecule has 1 atom stereocenters. The number of carbonyl (C=O) groups is 2. The Labute approximate surface area is 196 Å². The molecular formula is C26H25FN2O5. The highest BCUT2D eigenvalue weighted by Gasteiger charge is 2.41. The van der Waals surface area contributed by atoms with E-state index in [2.05, 4.69) is 0 Å². The van der Waals surface area contributed by atoms with Crippen molar-refractivity contribution in [2.45, 2.75) is 12.5 Å². The summed E-state index contributed by atoms with van der Waals surface area (Å²) in [5.74, 6) is -3.00. The van der Waals surface area contributed by atoms with Crippen LogP contribution in [0.4, 0.5) is 4.39 Å². The Balaban J connectivity index is 1.46. The Kier molecular flexibility index (Phi) is 6.17. The number of ketones is 1. The van der Waals surface area contributed by atoms with Gasteiger partial charge in [-0.3, -0.25) is 9.59 Å². The summed E-state index contributed by atoms with van der Waals surface area (Å²) in [4.78, 5) is 29.2. The molecule has 2 aromatic carbocycles. The molecule has 1 saturated heterocycles. The van der Waals surface area contributed by atoms with Crippen molar-refractivity contribution in [2.75, 3.05) is 39.4 Å². The van der Waals surface area contributed by atoms with E-state index in [9.17, 15) is 19.1 Å². The number of carbonyl (C=O) groups excluding carboxylic acids is 2. The smallest absolute Gasteiger partial charge is 0.239 e. The zero-order valence-electron chi connectivity index (χ0n) is 18.6. The van der Waals surface area contributed by atoms with E-state index in [-0.39, 0.29) is 23.4 Å². The molecule has 176 valence electrons. The molecule has 0 bridgehead atoms. The van der Waals surface area contributed by atoms with Crippen molar-refractivity contribution in [3.8, 4) is 0 Å². The number of hydrogen-bond acceptors (Lipinski definition) is 5. The summed E-state index contributed by atoms with van der Waals surface area (Å²) in [7, 11) is 0. The first kappa shape index (κ1) is 22.3. The molecule has 8 heteroatoms. The van der Waals surface area contributed by atoms with Gasteiger partial charge in [0.1, 0.15) is 24.5 Å². The second-order valence-corrected chi connectivity index (χ2v) is 8.61. The largest absolute Gasteiger partial charge is 0.868 e. The summed E-state index contributed by atoms with van der Waals surface area (Å²) >= 11 is 0. The molecule has 1 N–H and O–H groups in total. The Morgan fingerprint density at radius 1 is 1.12 bits per heavy atom. The molecule has 2 aliphatic rings. The van der Waals surface area contributed by atoms with Gasteiger partial charge >= 0.3 is 0 Å². The Morgan fingerprint density at radius 2 is 1.85 bits per heavy atom. The molecule has 7 nitrogen and oxygen atoms in total. The van der Waals surface area contributed by atoms with Crippen molar-refractivity contribution in [3.05, 3.63) is 83.1 Å². The molecule has 3 aromatic rings. The van der Waals surface area contributed by atoms with Gasteiger partial charge in [-0.25, -0.2) is 4.39 Å². The first-order valence-electron chi connectivity index (χ1n) is 11.5. The van der Waals surface area contributed by atoms with Crippen LogP contribution < -0.4 is 10.0 Å². The van der Waals surface area contributed by atoms with Crippen LogP contribution in [0, 0.1) is 5.82 Å². The van der Waals surface area contributed by atoms with Gasteiger partial charge < -0.3 is 24.1 Å². The average Bonchev–Trinajstić information content (AvgIpc) is 3.40. The van der Waals surface area contributed by atoms with E-state index in [0.717, 1.165) is 19.6 Å². The van der Waals surface area contributed by atoms with Crippen molar-refractivity contribution in [1.82, 2.24) is 4.90 Å². The van der Waals surface area contributed by atoms with Gasteiger partial charge in [-0.05, 0) is 24.0 Å². The average molecular weight is 464 g/mol. The predicted molar refractivity (Wildman–Crippen MR) is 119 cm³/mol. The molecule has 2 aliphatic heterocycles. The summed E-state index contributed by atoms with van der Waals surface area (Å²) in [6.45, 7) is 4.18. The molecule has 34 heavy (non-hydrogen) atoms. The summed E-state index contributed by atoms with van der Waals surface area (Å²) < 4.78 is 25.9. The fraction of sp³-hybridized carbons (Fsp3) is 0.308. The number of halogens is 1. The molecule has 1 fully saturated rings. The van der Waals surface area contributed by atoms with Crippen molar-refractivity contribution < 1.29 is 33.1 Å². The normalized spacial score (nSPS) is 19.4. The molecule has 0 spiro atoms. The van der Waals surface area contributed by atoms with E-state index in [1.54, 1.807) is 30.3 Å². The molecule has 1 unspecified atom stereocenters. The van der Waals surface area contributed by atoms with Crippen LogP contribution >= 0.6 is 0 Å². The Bertz CT molecular complexity index is 1230. The number of rotatable bonds is 7. The number of fused-ring (bicyclic) bond motifs is 1. The summed E-state index contributed by atoms with van der Waals surface area (Å²) in [6, 6.07) is 13.5. The lowest BCUT2D eigenvalue weighted by molar-refractivity contribution is -0.908. The Morgan fingerprint density at radius 3 is 2.62 bits per heavy atom. The molecule has 1 amide bonds. The second kappa shape index (κ2) is 9.40. The number of morpholine rings is 1. The van der Waals surface area contributed by atoms with Gasteiger partial charge in [0.05, 0.1) is 25.8 Å². The van der Waals surface area contributed by atoms with Crippen LogP contribution in [-0.4, -0.2) is 56.0 Å². The summed E-state index contributed by atoms with van der Waals surface area (Å²) in [6.07, 6.45) is 0.616. The van der Waals surface area contributed by atoms with Crippen LogP contribution in [0.5, 0.6) is 0 Å². The van der Waals surface area contributed by atoms with E-state index < -0.39 is 29.3 Å². The Hall–Kier alpha value is -3.49. The minimum absolute atomic E-state index is 0.0432. The van der Waals surface area contributed by atoms with Gasteiger partial charge in [0.25, 0.3) is 0 Å². The maximum atomic E-state index is 14.9. The number of amides is 1. The molecule has 0 aliphatic carbocycles. The minimum Gasteiger partial charge on any atom is -0.868 e. The number of nitrogens with one attached hydrogen (secondary N) is 1. The topological polar surface area (TPSA) is 87.2 Å². The summed E-state index contributed by atoms with van der Waals surface area (Å²) in [5, 5.41) is 13.8. The SMILES string of the molecule is O=C(C1=C([O-])C(=O)N(CCC[NH+]2CCOCC2)C1c1ccccc1F)c1cc2ccccc2o1. The molecule has 0 radical (unpaired) electrons. The van der Waals surface area contributed by atoms with Gasteiger partial charge in [0, 0.05) is 29.5 Å². The van der Waals surface area contributed by atoms with Gasteiger partial charge in [-0.2, -0.15) is 0 Å². The predicted octanol–water partition coefficient (Wildman–Crippen LogP) is 1.26. The third kappa shape index (κ3) is 4.10. The van der Waals surface area contributed by atoms with Crippen LogP contribution in [0.3, 0.4) is 0 Å². The monoisotopic (exact) mass is 464 g/mol. The molecular weight excluding hydrogens is 439 g/mol. The lowest BCUT2D eigenvalue weighted by atomic mass is 9.94. The highest BCUT2D eigenvalue weighted by atomic mass is 19.1. The highest BCUT2D eigenvalue weighted by molar-refractivity contribution is 6.15. The van der Waals surface area contributed by atoms with E-state index in [1.807, 2.05) is 6.07 Å². The maximum absolute atomic E-state index is 14.9. The number of furan rings is 1. The molecule has 0 saturated carbocycles. The number of Topliss-reactive ketones (excluding diaryl/α,β-unsaturated/α-hetero) is 1. The van der Waals surface area contributed by atoms with Crippen molar-refractivity contribution in [3.63, 3.8) is 0 Å². The molecule has 1 aromatic heterocycles. The zero-order chi connectivity index (χ0) is 23.7. The van der Waals surface area contributed by atoms with Gasteiger partial charge in [-0.15, -0.1) is 0 Å². The first-order chi connectivity index (χ1) is 16.5. The zero-order valence-corrected chi connectivity index (χ0v) is 18.6. The van der Waals surface area contributed by atoms with E-state index in [0.29, 0.717) is 30.6 Å². The number of benzene rings is 2. The third-order valence-electron chi connectivity index (χ3n) is 6.51. The fourth-order valence-electron chi connectivity index (χ4n) is 4.76. The maximum Gasteiger partial charge on any atom is 0.239 e. The quantitative estimate of drug-likeness (QED) is 0.532. The van der Waals surface area contributed by atoms with Gasteiger partial charge in [0.15, 0.2) is 5.76 Å². The molecule has 3 heterocycles. The number of ether oxygens (including phenoxy) is 1. The van der Waals surface area contributed by atoms with Gasteiger partial charge in [-0.1, -0.05) is 36.4 Å². The molecule has 5 rings (SSSR count). The number of nitrogens with zero attached hydrogens (tertiary/aromatic N) is 1. The standard InChI is InChI=1S/C26H25FN2O5/c27-19-8-3-2-7-18(19)23-22(24(30)21-16-17-6-1-4-9-20(17)34-21)25(31)26(32)29(23)11-5-10-28-12-14-33-15-13-28/h1-4,6-9,16,23,31H,5,10-15H2. The van der Waals surface area contributed by atoms with Crippen LogP contribution in [0.1, 0.15) is 28.6 Å². The summed E-state index contributed by atoms with van der Waals surface area (Å²) in [5.41, 5.74) is 0.351. The highest BCUT2D eigenvalue weighted by Crippen LogP contribution is 2.39. The van der Waals surface area contributed by atoms with E-state index >= 15 is 0 Å². The number of para-hydroxylation sites is 1. The van der Waals surface area contributed by atoms with Crippen LogP contribution in [-0.2, 0) is 9.53 Å². The number of quaternary nitrogens is 1. The van der Waals surface area contributed by atoms with Crippen LogP contribution in [0.2, 0.25) is 0 Å². The fourth-order valence-corrected chi connectivity index (χ4v) is 4.76. The lowest BCUT2D eigenvalue weighted by Gasteiger charge is -2.29. The van der Waals surface area contributed by atoms with Crippen LogP contribution in [0.15, 0.2) is 70.3 Å². The third-order valence-corrected chi connectivity index (χ3v) is 6.51.